The number of nitrogens with zero attached hydrogens (tertiary/aromatic N) is 3. The summed E-state index contributed by atoms with van der Waals surface area (Å²) in [6, 6.07) is 6.21. The van der Waals surface area contributed by atoms with E-state index in [9.17, 15) is 13.6 Å². The number of benzene rings is 2. The van der Waals surface area contributed by atoms with Gasteiger partial charge in [-0.1, -0.05) is 5.21 Å². The minimum Gasteiger partial charge on any atom is -0.478 e. The lowest BCUT2D eigenvalue weighted by Gasteiger charge is -2.06. The van der Waals surface area contributed by atoms with Crippen LogP contribution >= 0.6 is 0 Å². The Kier molecular flexibility index (Phi) is 2.90. The normalized spacial score (nSPS) is 11.0. The van der Waals surface area contributed by atoms with Crippen LogP contribution in [0.1, 0.15) is 15.9 Å². The van der Waals surface area contributed by atoms with Crippen LogP contribution in [0.15, 0.2) is 30.3 Å². The van der Waals surface area contributed by atoms with Gasteiger partial charge in [-0.25, -0.2) is 18.3 Å². The SMILES string of the molecule is Cc1cc(F)c(-n2nnc3ccc(C(=O)O)cc32)cc1F. The molecule has 0 aliphatic heterocycles. The molecule has 0 saturated carbocycles. The number of aromatic carboxylic acids is 1. The van der Waals surface area contributed by atoms with Crippen LogP contribution < -0.4 is 0 Å². The summed E-state index contributed by atoms with van der Waals surface area (Å²) in [7, 11) is 0. The van der Waals surface area contributed by atoms with E-state index < -0.39 is 17.6 Å². The van der Waals surface area contributed by atoms with E-state index in [1.807, 2.05) is 0 Å². The van der Waals surface area contributed by atoms with E-state index in [4.69, 9.17) is 5.11 Å². The molecule has 0 spiro atoms. The van der Waals surface area contributed by atoms with Gasteiger partial charge in [0.2, 0.25) is 0 Å². The molecule has 106 valence electrons. The molecule has 0 radical (unpaired) electrons. The van der Waals surface area contributed by atoms with E-state index in [1.165, 1.54) is 25.1 Å². The van der Waals surface area contributed by atoms with Crippen LogP contribution in [-0.2, 0) is 0 Å². The molecule has 7 heteroatoms. The minimum atomic E-state index is -1.12. The second-order valence-corrected chi connectivity index (χ2v) is 4.56. The maximum atomic E-state index is 14.0. The van der Waals surface area contributed by atoms with Gasteiger partial charge in [-0.3, -0.25) is 0 Å². The molecule has 5 nitrogen and oxygen atoms in total. The molecule has 0 fully saturated rings. The molecule has 1 heterocycles. The Hall–Kier alpha value is -2.83. The second-order valence-electron chi connectivity index (χ2n) is 4.56. The number of aromatic nitrogens is 3. The van der Waals surface area contributed by atoms with Crippen molar-refractivity contribution in [2.24, 2.45) is 0 Å². The number of aryl methyl sites for hydroxylation is 1. The molecule has 1 N–H and O–H groups in total. The summed E-state index contributed by atoms with van der Waals surface area (Å²) in [6.45, 7) is 1.45. The molecule has 1 aromatic heterocycles. The number of carbonyl (C=O) groups is 1. The first kappa shape index (κ1) is 13.2. The van der Waals surface area contributed by atoms with Gasteiger partial charge in [0.1, 0.15) is 22.8 Å². The highest BCUT2D eigenvalue weighted by Gasteiger charge is 2.15. The van der Waals surface area contributed by atoms with E-state index in [2.05, 4.69) is 10.3 Å². The van der Waals surface area contributed by atoms with Gasteiger partial charge in [0, 0.05) is 6.07 Å². The lowest BCUT2D eigenvalue weighted by atomic mass is 10.2. The van der Waals surface area contributed by atoms with Crippen molar-refractivity contribution in [3.8, 4) is 5.69 Å². The second kappa shape index (κ2) is 4.62. The Labute approximate surface area is 117 Å². The van der Waals surface area contributed by atoms with Gasteiger partial charge in [0.05, 0.1) is 11.1 Å². The number of hydrogen-bond donors (Lipinski definition) is 1. The lowest BCUT2D eigenvalue weighted by molar-refractivity contribution is 0.0697. The van der Waals surface area contributed by atoms with Gasteiger partial charge in [0.25, 0.3) is 0 Å². The predicted molar refractivity (Wildman–Crippen MR) is 70.5 cm³/mol. The summed E-state index contributed by atoms with van der Waals surface area (Å²) >= 11 is 0. The Morgan fingerprint density at radius 1 is 1.19 bits per heavy atom. The molecule has 0 amide bonds. The fourth-order valence-corrected chi connectivity index (χ4v) is 2.03. The fraction of sp³-hybridized carbons (Fsp3) is 0.0714. The lowest BCUT2D eigenvalue weighted by Crippen LogP contribution is -2.03. The third kappa shape index (κ3) is 2.12. The summed E-state index contributed by atoms with van der Waals surface area (Å²) in [5, 5.41) is 16.6. The van der Waals surface area contributed by atoms with Crippen molar-refractivity contribution in [3.63, 3.8) is 0 Å². The maximum Gasteiger partial charge on any atom is 0.335 e. The van der Waals surface area contributed by atoms with Gasteiger partial charge in [-0.05, 0) is 36.8 Å². The molecular weight excluding hydrogens is 280 g/mol. The number of hydrogen-bond acceptors (Lipinski definition) is 3. The van der Waals surface area contributed by atoms with Crippen LogP contribution in [0.2, 0.25) is 0 Å². The number of carboxylic acids is 1. The Bertz CT molecular complexity index is 874. The zero-order valence-electron chi connectivity index (χ0n) is 10.8. The van der Waals surface area contributed by atoms with Crippen molar-refractivity contribution in [1.29, 1.82) is 0 Å². The summed E-state index contributed by atoms with van der Waals surface area (Å²) in [5.74, 6) is -2.37. The Morgan fingerprint density at radius 3 is 2.67 bits per heavy atom. The molecule has 0 atom stereocenters. The van der Waals surface area contributed by atoms with Crippen LogP contribution in [0.25, 0.3) is 16.7 Å². The zero-order valence-corrected chi connectivity index (χ0v) is 10.8. The summed E-state index contributed by atoms with van der Waals surface area (Å²) < 4.78 is 28.7. The number of carboxylic acid groups (broad SMARTS) is 1. The van der Waals surface area contributed by atoms with E-state index in [0.717, 1.165) is 16.8 Å². The highest BCUT2D eigenvalue weighted by atomic mass is 19.1. The van der Waals surface area contributed by atoms with Crippen LogP contribution in [0, 0.1) is 18.6 Å². The molecule has 0 saturated heterocycles. The predicted octanol–water partition coefficient (Wildman–Crippen LogP) is 2.71. The van der Waals surface area contributed by atoms with E-state index in [0.29, 0.717) is 5.52 Å². The van der Waals surface area contributed by atoms with E-state index in [1.54, 1.807) is 0 Å². The standard InChI is InChI=1S/C14H9F2N3O2/c1-7-4-10(16)12(6-9(7)15)19-13-5-8(14(20)21)2-3-11(13)17-18-19/h2-6H,1H3,(H,20,21). The third-order valence-electron chi connectivity index (χ3n) is 3.15. The summed E-state index contributed by atoms with van der Waals surface area (Å²) in [6.07, 6.45) is 0. The first-order chi connectivity index (χ1) is 9.97. The highest BCUT2D eigenvalue weighted by Crippen LogP contribution is 2.22. The molecule has 0 aliphatic rings. The average molecular weight is 289 g/mol. The van der Waals surface area contributed by atoms with E-state index >= 15 is 0 Å². The molecule has 3 rings (SSSR count). The van der Waals surface area contributed by atoms with Crippen molar-refractivity contribution in [3.05, 3.63) is 53.1 Å². The maximum absolute atomic E-state index is 14.0. The summed E-state index contributed by atoms with van der Waals surface area (Å²) in [4.78, 5) is 11.0. The third-order valence-corrected chi connectivity index (χ3v) is 3.15. The average Bonchev–Trinajstić information content (AvgIpc) is 2.85. The first-order valence-electron chi connectivity index (χ1n) is 6.02. The highest BCUT2D eigenvalue weighted by molar-refractivity contribution is 5.92. The van der Waals surface area contributed by atoms with Crippen molar-refractivity contribution in [2.45, 2.75) is 6.92 Å². The zero-order chi connectivity index (χ0) is 15.1. The molecule has 3 aromatic rings. The van der Waals surface area contributed by atoms with Crippen LogP contribution in [0.3, 0.4) is 0 Å². The quantitative estimate of drug-likeness (QED) is 0.787. The van der Waals surface area contributed by atoms with Crippen molar-refractivity contribution in [1.82, 2.24) is 15.0 Å². The van der Waals surface area contributed by atoms with Crippen molar-refractivity contribution in [2.75, 3.05) is 0 Å². The topological polar surface area (TPSA) is 68.0 Å². The number of halogens is 2. The monoisotopic (exact) mass is 289 g/mol. The van der Waals surface area contributed by atoms with Gasteiger partial charge >= 0.3 is 5.97 Å². The molecule has 0 aliphatic carbocycles. The molecule has 0 unspecified atom stereocenters. The fourth-order valence-electron chi connectivity index (χ4n) is 2.03. The number of rotatable bonds is 2. The summed E-state index contributed by atoms with van der Waals surface area (Å²) in [5.41, 5.74) is 0.742. The smallest absolute Gasteiger partial charge is 0.335 e. The Morgan fingerprint density at radius 2 is 1.95 bits per heavy atom. The van der Waals surface area contributed by atoms with Gasteiger partial charge in [0.15, 0.2) is 0 Å². The van der Waals surface area contributed by atoms with Crippen LogP contribution in [0.5, 0.6) is 0 Å². The van der Waals surface area contributed by atoms with Crippen LogP contribution in [-0.4, -0.2) is 26.1 Å². The van der Waals surface area contributed by atoms with Crippen molar-refractivity contribution < 1.29 is 18.7 Å². The van der Waals surface area contributed by atoms with Crippen LogP contribution in [0.4, 0.5) is 8.78 Å². The first-order valence-corrected chi connectivity index (χ1v) is 6.02. The van der Waals surface area contributed by atoms with Gasteiger partial charge in [-0.15, -0.1) is 5.10 Å². The molecule has 0 bridgehead atoms. The van der Waals surface area contributed by atoms with Gasteiger partial charge < -0.3 is 5.11 Å². The minimum absolute atomic E-state index is 0.0130. The van der Waals surface area contributed by atoms with E-state index in [-0.39, 0.29) is 22.3 Å². The largest absolute Gasteiger partial charge is 0.478 e. The van der Waals surface area contributed by atoms with Gasteiger partial charge in [-0.2, -0.15) is 0 Å². The molecule has 21 heavy (non-hydrogen) atoms. The molecular formula is C14H9F2N3O2. The number of fused-ring (bicyclic) bond motifs is 1. The Balaban J connectivity index is 2.27. The molecule has 2 aromatic carbocycles. The van der Waals surface area contributed by atoms with Crippen molar-refractivity contribution >= 4 is 17.0 Å².